The Hall–Kier alpha value is -3.86. The van der Waals surface area contributed by atoms with Crippen LogP contribution in [0.25, 0.3) is 0 Å². The predicted octanol–water partition coefficient (Wildman–Crippen LogP) is 3.05. The van der Waals surface area contributed by atoms with Crippen LogP contribution in [0.15, 0.2) is 48.8 Å². The zero-order chi connectivity index (χ0) is 25.8. The van der Waals surface area contributed by atoms with Gasteiger partial charge < -0.3 is 21.7 Å². The van der Waals surface area contributed by atoms with Crippen molar-refractivity contribution in [2.24, 2.45) is 5.73 Å². The molecule has 0 aliphatic carbocycles. The molecule has 2 aromatic heterocycles. The number of nitrogens with two attached hydrogens (primary N) is 2. The quantitative estimate of drug-likeness (QED) is 0.414. The Balaban J connectivity index is 2.15. The van der Waals surface area contributed by atoms with Crippen molar-refractivity contribution in [2.45, 2.75) is 45.3 Å². The Labute approximate surface area is 206 Å². The Morgan fingerprint density at radius 3 is 2.43 bits per heavy atom. The van der Waals surface area contributed by atoms with Crippen molar-refractivity contribution < 1.29 is 18.8 Å². The largest absolute Gasteiger partial charge is 0.395 e. The number of hydrogen-bond acceptors (Lipinski definition) is 7. The fraction of sp³-hybridized carbons (Fsp3) is 0.292. The summed E-state index contributed by atoms with van der Waals surface area (Å²) >= 11 is 0.722. The van der Waals surface area contributed by atoms with Gasteiger partial charge in [-0.2, -0.15) is 4.37 Å². The van der Waals surface area contributed by atoms with Crippen molar-refractivity contribution in [3.05, 3.63) is 76.3 Å². The summed E-state index contributed by atoms with van der Waals surface area (Å²) in [5.41, 5.74) is 11.5. The minimum atomic E-state index is -1.15. The highest BCUT2D eigenvalue weighted by Gasteiger charge is 2.36. The van der Waals surface area contributed by atoms with Gasteiger partial charge in [0.25, 0.3) is 11.8 Å². The molecule has 11 heteroatoms. The molecule has 3 aromatic rings. The number of aromatic nitrogens is 2. The number of primary amides is 1. The molecule has 0 fully saturated rings. The summed E-state index contributed by atoms with van der Waals surface area (Å²) in [4.78, 5) is 44.5. The van der Waals surface area contributed by atoms with Crippen molar-refractivity contribution in [2.75, 3.05) is 5.73 Å². The summed E-state index contributed by atoms with van der Waals surface area (Å²) in [5, 5.41) is 2.97. The smallest absolute Gasteiger partial charge is 0.270 e. The molecule has 1 atom stereocenters. The van der Waals surface area contributed by atoms with E-state index < -0.39 is 35.1 Å². The zero-order valence-corrected chi connectivity index (χ0v) is 20.4. The van der Waals surface area contributed by atoms with E-state index in [0.29, 0.717) is 17.5 Å². The van der Waals surface area contributed by atoms with Crippen molar-refractivity contribution in [1.29, 1.82) is 0 Å². The first kappa shape index (κ1) is 25.8. The molecule has 3 rings (SSSR count). The number of pyridine rings is 1. The second kappa shape index (κ2) is 10.6. The third kappa shape index (κ3) is 5.99. The molecule has 3 amide bonds. The summed E-state index contributed by atoms with van der Waals surface area (Å²) < 4.78 is 17.6. The van der Waals surface area contributed by atoms with Crippen molar-refractivity contribution in [3.8, 4) is 0 Å². The molecule has 5 N–H and O–H groups in total. The molecule has 0 unspecified atom stereocenters. The maximum Gasteiger partial charge on any atom is 0.270 e. The van der Waals surface area contributed by atoms with Gasteiger partial charge in [-0.25, -0.2) is 4.39 Å². The van der Waals surface area contributed by atoms with Crippen LogP contribution < -0.4 is 16.8 Å². The number of benzene rings is 1. The molecule has 184 valence electrons. The molecule has 0 aliphatic rings. The lowest BCUT2D eigenvalue weighted by Gasteiger charge is -2.34. The molecule has 0 radical (unpaired) electrons. The minimum Gasteiger partial charge on any atom is -0.395 e. The number of halogens is 1. The first-order valence-electron chi connectivity index (χ1n) is 10.9. The molecule has 0 spiro atoms. The Morgan fingerprint density at radius 2 is 1.89 bits per heavy atom. The van der Waals surface area contributed by atoms with E-state index in [1.54, 1.807) is 24.5 Å². The monoisotopic (exact) mass is 498 g/mol. The highest BCUT2D eigenvalue weighted by molar-refractivity contribution is 7.09. The average Bonchev–Trinajstić information content (AvgIpc) is 3.21. The van der Waals surface area contributed by atoms with Crippen LogP contribution in [0.3, 0.4) is 0 Å². The van der Waals surface area contributed by atoms with Gasteiger partial charge in [-0.1, -0.05) is 25.1 Å². The molecule has 0 saturated carbocycles. The van der Waals surface area contributed by atoms with Crippen LogP contribution in [0.2, 0.25) is 0 Å². The number of nitrogens with zero attached hydrogens (tertiary/aromatic N) is 3. The van der Waals surface area contributed by atoms with E-state index in [0.717, 1.165) is 11.5 Å². The third-order valence-corrected chi connectivity index (χ3v) is 6.43. The van der Waals surface area contributed by atoms with Crippen LogP contribution in [0.1, 0.15) is 64.5 Å². The van der Waals surface area contributed by atoms with Crippen LogP contribution >= 0.6 is 11.5 Å². The summed E-state index contributed by atoms with van der Waals surface area (Å²) in [6, 6.07) is 7.66. The first-order chi connectivity index (χ1) is 16.5. The van der Waals surface area contributed by atoms with Crippen LogP contribution in [0, 0.1) is 5.82 Å². The van der Waals surface area contributed by atoms with Crippen molar-refractivity contribution in [3.63, 3.8) is 0 Å². The second-order valence-corrected chi connectivity index (χ2v) is 9.39. The van der Waals surface area contributed by atoms with Gasteiger partial charge in [0, 0.05) is 24.5 Å². The van der Waals surface area contributed by atoms with Gasteiger partial charge in [0.1, 0.15) is 16.7 Å². The van der Waals surface area contributed by atoms with Gasteiger partial charge in [-0.15, -0.1) is 0 Å². The van der Waals surface area contributed by atoms with Crippen LogP contribution in [0.4, 0.5) is 10.1 Å². The fourth-order valence-electron chi connectivity index (χ4n) is 3.34. The molecule has 0 saturated heterocycles. The third-order valence-electron chi connectivity index (χ3n) is 5.58. The number of amides is 3. The average molecular weight is 499 g/mol. The van der Waals surface area contributed by atoms with E-state index in [-0.39, 0.29) is 22.8 Å². The first-order valence-corrected chi connectivity index (χ1v) is 11.6. The molecule has 2 heterocycles. The molecule has 35 heavy (non-hydrogen) atoms. The number of carbonyl (C=O) groups is 3. The standard InChI is InChI=1S/C24H27FN6O3S/c1-4-24(2,3)29-22(33)19(15-7-9-16(25)10-8-15)31(13-14-6-5-11-28-12-14)23(34)20-17(26)18(21(27)32)30-35-20/h5-12,19H,4,13,26H2,1-3H3,(H2,27,32)(H,29,33)/t19-/m1/s1. The van der Waals surface area contributed by atoms with Gasteiger partial charge in [0.15, 0.2) is 5.69 Å². The lowest BCUT2D eigenvalue weighted by molar-refractivity contribution is -0.127. The van der Waals surface area contributed by atoms with Gasteiger partial charge >= 0.3 is 0 Å². The molecule has 0 aliphatic heterocycles. The highest BCUT2D eigenvalue weighted by Crippen LogP contribution is 2.31. The summed E-state index contributed by atoms with van der Waals surface area (Å²) in [6.07, 6.45) is 3.79. The summed E-state index contributed by atoms with van der Waals surface area (Å²) in [7, 11) is 0. The number of hydrogen-bond donors (Lipinski definition) is 3. The number of nitrogen functional groups attached to an aromatic ring is 1. The fourth-order valence-corrected chi connectivity index (χ4v) is 4.10. The molecule has 1 aromatic carbocycles. The molecular formula is C24H27FN6O3S. The molecular weight excluding hydrogens is 471 g/mol. The lowest BCUT2D eigenvalue weighted by atomic mass is 9.98. The van der Waals surface area contributed by atoms with Gasteiger partial charge in [0.2, 0.25) is 5.91 Å². The summed E-state index contributed by atoms with van der Waals surface area (Å²) in [6.45, 7) is 5.63. The predicted molar refractivity (Wildman–Crippen MR) is 131 cm³/mol. The van der Waals surface area contributed by atoms with E-state index >= 15 is 0 Å². The maximum atomic E-state index is 13.8. The second-order valence-electron chi connectivity index (χ2n) is 8.61. The minimum absolute atomic E-state index is 0.0159. The Morgan fingerprint density at radius 1 is 1.20 bits per heavy atom. The zero-order valence-electron chi connectivity index (χ0n) is 19.6. The molecule has 0 bridgehead atoms. The normalized spacial score (nSPS) is 12.1. The van der Waals surface area contributed by atoms with Crippen LogP contribution in [-0.4, -0.2) is 37.5 Å². The van der Waals surface area contributed by atoms with Crippen LogP contribution in [0.5, 0.6) is 0 Å². The number of carbonyl (C=O) groups excluding carboxylic acids is 3. The van der Waals surface area contributed by atoms with Crippen molar-refractivity contribution >= 4 is 34.9 Å². The topological polar surface area (TPSA) is 144 Å². The number of rotatable bonds is 9. The van der Waals surface area contributed by atoms with E-state index in [1.165, 1.54) is 29.2 Å². The van der Waals surface area contributed by atoms with E-state index in [4.69, 9.17) is 11.5 Å². The number of anilines is 1. The Kier molecular flexibility index (Phi) is 7.80. The van der Waals surface area contributed by atoms with E-state index in [1.807, 2.05) is 20.8 Å². The van der Waals surface area contributed by atoms with Crippen molar-refractivity contribution in [1.82, 2.24) is 19.6 Å². The van der Waals surface area contributed by atoms with Gasteiger partial charge in [-0.05, 0) is 61.1 Å². The van der Waals surface area contributed by atoms with E-state index in [9.17, 15) is 18.8 Å². The number of nitrogens with one attached hydrogen (secondary N) is 1. The van der Waals surface area contributed by atoms with Gasteiger partial charge in [0.05, 0.1) is 5.69 Å². The maximum absolute atomic E-state index is 13.8. The Bertz CT molecular complexity index is 1210. The highest BCUT2D eigenvalue weighted by atomic mass is 32.1. The lowest BCUT2D eigenvalue weighted by Crippen LogP contribution is -2.50. The summed E-state index contributed by atoms with van der Waals surface area (Å²) in [5.74, 6) is -2.44. The van der Waals surface area contributed by atoms with E-state index in [2.05, 4.69) is 14.7 Å². The SMILES string of the molecule is CCC(C)(C)NC(=O)[C@@H](c1ccc(F)cc1)N(Cc1cccnc1)C(=O)c1snc(C(N)=O)c1N. The molecule has 9 nitrogen and oxygen atoms in total. The van der Waals surface area contributed by atoms with Gasteiger partial charge in [-0.3, -0.25) is 19.4 Å². The van der Waals surface area contributed by atoms with Crippen LogP contribution in [-0.2, 0) is 11.3 Å².